The monoisotopic (exact) mass is 470 g/mol. The van der Waals surface area contributed by atoms with E-state index in [-0.39, 0.29) is 6.61 Å². The van der Waals surface area contributed by atoms with Crippen LogP contribution in [-0.2, 0) is 33.2 Å². The molecule has 0 unspecified atom stereocenters. The van der Waals surface area contributed by atoms with Crippen LogP contribution < -0.4 is 4.74 Å². The first-order chi connectivity index (χ1) is 16.4. The number of aliphatic hydroxyl groups is 1. The molecule has 0 fully saturated rings. The number of rotatable bonds is 24. The fourth-order valence-electron chi connectivity index (χ4n) is 2.35. The first-order valence-corrected chi connectivity index (χ1v) is 11.2. The minimum absolute atomic E-state index is 0.0283. The summed E-state index contributed by atoms with van der Waals surface area (Å²) in [6.45, 7) is 7.39. The minimum Gasteiger partial charge on any atom is -0.491 e. The Hall–Kier alpha value is -1.74. The summed E-state index contributed by atoms with van der Waals surface area (Å²) in [5.74, 6) is 3.33. The van der Waals surface area contributed by atoms with E-state index >= 15 is 0 Å². The lowest BCUT2D eigenvalue weighted by Crippen LogP contribution is -2.15. The van der Waals surface area contributed by atoms with Crippen LogP contribution in [0.15, 0.2) is 24.3 Å². The number of hydrogen-bond donors (Lipinski definition) is 1. The van der Waals surface area contributed by atoms with Crippen molar-refractivity contribution >= 4 is 0 Å². The molecule has 0 heterocycles. The van der Waals surface area contributed by atoms with E-state index in [1.807, 2.05) is 24.3 Å². The number of ether oxygens (including phenoxy) is 8. The highest BCUT2D eigenvalue weighted by atomic mass is 16.6. The second-order valence-corrected chi connectivity index (χ2v) is 6.53. The van der Waals surface area contributed by atoms with Crippen molar-refractivity contribution in [1.82, 2.24) is 0 Å². The van der Waals surface area contributed by atoms with E-state index in [9.17, 15) is 0 Å². The molecule has 188 valence electrons. The SMILES string of the molecule is C#Cc1ccc(OCCOCCOCCOCCOCCOCCOCCOCCO)cc1. The molecule has 9 nitrogen and oxygen atoms in total. The molecule has 1 aromatic rings. The third-order valence-electron chi connectivity index (χ3n) is 3.99. The van der Waals surface area contributed by atoms with Gasteiger partial charge in [0.1, 0.15) is 12.4 Å². The molecule has 0 saturated carbocycles. The molecule has 0 saturated heterocycles. The quantitative estimate of drug-likeness (QED) is 0.176. The number of aliphatic hydroxyl groups excluding tert-OH is 1. The Balaban J connectivity index is 1.69. The van der Waals surface area contributed by atoms with E-state index in [0.29, 0.717) is 99.1 Å². The van der Waals surface area contributed by atoms with E-state index in [1.165, 1.54) is 0 Å². The minimum atomic E-state index is 0.0283. The van der Waals surface area contributed by atoms with E-state index in [1.54, 1.807) is 0 Å². The van der Waals surface area contributed by atoms with Crippen molar-refractivity contribution in [3.05, 3.63) is 29.8 Å². The highest BCUT2D eigenvalue weighted by molar-refractivity contribution is 5.36. The van der Waals surface area contributed by atoms with Gasteiger partial charge in [-0.25, -0.2) is 0 Å². The van der Waals surface area contributed by atoms with Gasteiger partial charge in [0.2, 0.25) is 0 Å². The van der Waals surface area contributed by atoms with Gasteiger partial charge in [0.25, 0.3) is 0 Å². The third kappa shape index (κ3) is 19.4. The van der Waals surface area contributed by atoms with Gasteiger partial charge in [0.15, 0.2) is 0 Å². The van der Waals surface area contributed by atoms with Crippen LogP contribution in [0.3, 0.4) is 0 Å². The summed E-state index contributed by atoms with van der Waals surface area (Å²) in [6, 6.07) is 7.37. The van der Waals surface area contributed by atoms with E-state index < -0.39 is 0 Å². The molecule has 0 radical (unpaired) electrons. The molecule has 1 N–H and O–H groups in total. The number of hydrogen-bond acceptors (Lipinski definition) is 9. The topological polar surface area (TPSA) is 94.1 Å². The normalized spacial score (nSPS) is 10.9. The van der Waals surface area contributed by atoms with Crippen molar-refractivity contribution < 1.29 is 43.0 Å². The highest BCUT2D eigenvalue weighted by Crippen LogP contribution is 2.11. The van der Waals surface area contributed by atoms with Crippen molar-refractivity contribution in [2.45, 2.75) is 0 Å². The van der Waals surface area contributed by atoms with Crippen molar-refractivity contribution in [1.29, 1.82) is 0 Å². The molecule has 0 spiro atoms. The summed E-state index contributed by atoms with van der Waals surface area (Å²) in [5.41, 5.74) is 0.828. The van der Waals surface area contributed by atoms with Crippen LogP contribution in [-0.4, -0.2) is 111 Å². The van der Waals surface area contributed by atoms with Gasteiger partial charge in [0.05, 0.1) is 99.1 Å². The molecule has 0 amide bonds. The molecule has 33 heavy (non-hydrogen) atoms. The summed E-state index contributed by atoms with van der Waals surface area (Å²) in [6.07, 6.45) is 5.31. The fourth-order valence-corrected chi connectivity index (χ4v) is 2.35. The summed E-state index contributed by atoms with van der Waals surface area (Å²) < 4.78 is 43.1. The maximum atomic E-state index is 8.55. The van der Waals surface area contributed by atoms with Gasteiger partial charge in [-0.1, -0.05) is 5.92 Å². The second kappa shape index (κ2) is 23.4. The number of terminal acetylenes is 1. The molecule has 0 aromatic heterocycles. The van der Waals surface area contributed by atoms with Gasteiger partial charge in [0, 0.05) is 5.56 Å². The average molecular weight is 471 g/mol. The lowest BCUT2D eigenvalue weighted by molar-refractivity contribution is -0.0221. The zero-order chi connectivity index (χ0) is 23.7. The molecule has 0 bridgehead atoms. The van der Waals surface area contributed by atoms with Gasteiger partial charge < -0.3 is 43.0 Å². The third-order valence-corrected chi connectivity index (χ3v) is 3.99. The first kappa shape index (κ1) is 29.3. The maximum Gasteiger partial charge on any atom is 0.119 e. The molecular formula is C24H38O9. The first-order valence-electron chi connectivity index (χ1n) is 11.2. The predicted molar refractivity (Wildman–Crippen MR) is 123 cm³/mol. The lowest BCUT2D eigenvalue weighted by atomic mass is 10.2. The van der Waals surface area contributed by atoms with Crippen LogP contribution in [0.2, 0.25) is 0 Å². The van der Waals surface area contributed by atoms with E-state index in [4.69, 9.17) is 49.4 Å². The van der Waals surface area contributed by atoms with Gasteiger partial charge in [-0.05, 0) is 24.3 Å². The van der Waals surface area contributed by atoms with Gasteiger partial charge in [-0.2, -0.15) is 0 Å². The molecule has 1 aromatic carbocycles. The van der Waals surface area contributed by atoms with Crippen molar-refractivity contribution in [2.24, 2.45) is 0 Å². The zero-order valence-corrected chi connectivity index (χ0v) is 19.4. The Morgan fingerprint density at radius 1 is 0.515 bits per heavy atom. The van der Waals surface area contributed by atoms with Crippen LogP contribution in [0, 0.1) is 12.3 Å². The fraction of sp³-hybridized carbons (Fsp3) is 0.667. The van der Waals surface area contributed by atoms with Crippen LogP contribution >= 0.6 is 0 Å². The molecule has 0 aliphatic heterocycles. The Morgan fingerprint density at radius 3 is 1.18 bits per heavy atom. The Kier molecular flexibility index (Phi) is 20.8. The van der Waals surface area contributed by atoms with Gasteiger partial charge in [-0.3, -0.25) is 0 Å². The largest absolute Gasteiger partial charge is 0.491 e. The zero-order valence-electron chi connectivity index (χ0n) is 19.4. The van der Waals surface area contributed by atoms with Crippen LogP contribution in [0.1, 0.15) is 5.56 Å². The summed E-state index contributed by atoms with van der Waals surface area (Å²) in [4.78, 5) is 0. The Labute approximate surface area is 197 Å². The second-order valence-electron chi connectivity index (χ2n) is 6.53. The Bertz CT molecular complexity index is 574. The highest BCUT2D eigenvalue weighted by Gasteiger charge is 1.96. The molecule has 0 atom stereocenters. The summed E-state index contributed by atoms with van der Waals surface area (Å²) in [7, 11) is 0. The molecule has 9 heteroatoms. The van der Waals surface area contributed by atoms with Crippen LogP contribution in [0.5, 0.6) is 5.75 Å². The lowest BCUT2D eigenvalue weighted by Gasteiger charge is -2.09. The standard InChI is InChI=1S/C24H38O9/c1-2-23-3-5-24(6-4-23)33-22-21-32-20-19-31-18-17-30-16-15-29-14-13-28-12-11-27-10-9-26-8-7-25/h1,3-6,25H,7-22H2. The van der Waals surface area contributed by atoms with E-state index in [0.717, 1.165) is 11.3 Å². The smallest absolute Gasteiger partial charge is 0.119 e. The molecule has 1 rings (SSSR count). The Morgan fingerprint density at radius 2 is 0.848 bits per heavy atom. The summed E-state index contributed by atoms with van der Waals surface area (Å²) >= 11 is 0. The maximum absolute atomic E-state index is 8.55. The summed E-state index contributed by atoms with van der Waals surface area (Å²) in [5, 5.41) is 8.55. The van der Waals surface area contributed by atoms with Crippen LogP contribution in [0.4, 0.5) is 0 Å². The van der Waals surface area contributed by atoms with Crippen molar-refractivity contribution in [2.75, 3.05) is 106 Å². The van der Waals surface area contributed by atoms with Gasteiger partial charge in [-0.15, -0.1) is 6.42 Å². The van der Waals surface area contributed by atoms with E-state index in [2.05, 4.69) is 5.92 Å². The van der Waals surface area contributed by atoms with Gasteiger partial charge >= 0.3 is 0 Å². The number of benzene rings is 1. The molecular weight excluding hydrogens is 432 g/mol. The predicted octanol–water partition coefficient (Wildman–Crippen LogP) is 1.16. The average Bonchev–Trinajstić information content (AvgIpc) is 2.85. The molecule has 0 aliphatic rings. The van der Waals surface area contributed by atoms with Crippen LogP contribution in [0.25, 0.3) is 0 Å². The van der Waals surface area contributed by atoms with Crippen molar-refractivity contribution in [3.8, 4) is 18.1 Å². The molecule has 0 aliphatic carbocycles. The van der Waals surface area contributed by atoms with Crippen molar-refractivity contribution in [3.63, 3.8) is 0 Å².